The van der Waals surface area contributed by atoms with Crippen LogP contribution >= 0.6 is 0 Å². The van der Waals surface area contributed by atoms with E-state index >= 15 is 0 Å². The number of rotatable bonds is 5. The van der Waals surface area contributed by atoms with E-state index in [-0.39, 0.29) is 0 Å². The Kier molecular flexibility index (Phi) is 5.99. The summed E-state index contributed by atoms with van der Waals surface area (Å²) in [6.45, 7) is 11.0. The minimum absolute atomic E-state index is 0.575. The Morgan fingerprint density at radius 3 is 2.03 bits per heavy atom. The molecule has 0 radical (unpaired) electrons. The molecule has 1 aliphatic rings. The maximum absolute atomic E-state index is 3.68. The highest BCUT2D eigenvalue weighted by atomic mass is 15.1. The highest BCUT2D eigenvalue weighted by Gasteiger charge is 2.17. The van der Waals surface area contributed by atoms with Crippen molar-refractivity contribution in [2.24, 2.45) is 5.92 Å². The van der Waals surface area contributed by atoms with Gasteiger partial charge in [0.15, 0.2) is 0 Å². The van der Waals surface area contributed by atoms with Gasteiger partial charge in [0, 0.05) is 28.4 Å². The molecule has 2 heteroatoms. The monoisotopic (exact) mass is 408 g/mol. The number of hydrogen-bond acceptors (Lipinski definition) is 2. The second-order valence-corrected chi connectivity index (χ2v) is 8.85. The summed E-state index contributed by atoms with van der Waals surface area (Å²) in [5, 5.41) is 3.68. The molecular formula is C29H32N2. The fourth-order valence-corrected chi connectivity index (χ4v) is 4.25. The highest BCUT2D eigenvalue weighted by molar-refractivity contribution is 5.81. The zero-order valence-corrected chi connectivity index (χ0v) is 19.2. The van der Waals surface area contributed by atoms with Gasteiger partial charge in [0.1, 0.15) is 0 Å². The third kappa shape index (κ3) is 4.74. The lowest BCUT2D eigenvalue weighted by atomic mass is 9.99. The Morgan fingerprint density at radius 1 is 0.806 bits per heavy atom. The molecule has 158 valence electrons. The van der Waals surface area contributed by atoms with Crippen molar-refractivity contribution in [2.75, 3.05) is 10.2 Å². The summed E-state index contributed by atoms with van der Waals surface area (Å²) < 4.78 is 0. The molecule has 0 heterocycles. The van der Waals surface area contributed by atoms with Crippen molar-refractivity contribution in [3.8, 4) is 0 Å². The SMILES string of the molecule is Cc1cccc(N(c2cccc(C)c2)c2cc(C)c(NC3=CC=CC(C)C3)cc2C)c1. The Morgan fingerprint density at radius 2 is 1.45 bits per heavy atom. The molecule has 0 amide bonds. The van der Waals surface area contributed by atoms with Crippen molar-refractivity contribution in [1.82, 2.24) is 0 Å². The van der Waals surface area contributed by atoms with Crippen molar-refractivity contribution in [2.45, 2.75) is 41.0 Å². The van der Waals surface area contributed by atoms with Crippen LogP contribution in [-0.4, -0.2) is 0 Å². The molecule has 1 unspecified atom stereocenters. The molecule has 0 spiro atoms. The van der Waals surface area contributed by atoms with E-state index in [2.05, 4.69) is 124 Å². The van der Waals surface area contributed by atoms with Gasteiger partial charge in [-0.3, -0.25) is 0 Å². The summed E-state index contributed by atoms with van der Waals surface area (Å²) in [7, 11) is 0. The maximum atomic E-state index is 3.68. The van der Waals surface area contributed by atoms with Crippen LogP contribution < -0.4 is 10.2 Å². The van der Waals surface area contributed by atoms with Gasteiger partial charge < -0.3 is 10.2 Å². The van der Waals surface area contributed by atoms with E-state index in [9.17, 15) is 0 Å². The van der Waals surface area contributed by atoms with E-state index < -0.39 is 0 Å². The second kappa shape index (κ2) is 8.85. The lowest BCUT2D eigenvalue weighted by Gasteiger charge is -2.29. The summed E-state index contributed by atoms with van der Waals surface area (Å²) in [6.07, 6.45) is 7.65. The van der Waals surface area contributed by atoms with Crippen molar-refractivity contribution >= 4 is 22.7 Å². The minimum Gasteiger partial charge on any atom is -0.359 e. The molecule has 0 bridgehead atoms. The van der Waals surface area contributed by atoms with Crippen molar-refractivity contribution in [3.63, 3.8) is 0 Å². The number of aryl methyl sites for hydroxylation is 4. The number of nitrogens with zero attached hydrogens (tertiary/aromatic N) is 1. The van der Waals surface area contributed by atoms with Gasteiger partial charge in [-0.1, -0.05) is 43.3 Å². The predicted octanol–water partition coefficient (Wildman–Crippen LogP) is 8.28. The Labute approximate surface area is 186 Å². The molecule has 0 aromatic heterocycles. The highest BCUT2D eigenvalue weighted by Crippen LogP contribution is 2.39. The Bertz CT molecular complexity index is 1110. The number of anilines is 4. The molecule has 1 aliphatic carbocycles. The van der Waals surface area contributed by atoms with Crippen LogP contribution in [0.3, 0.4) is 0 Å². The second-order valence-electron chi connectivity index (χ2n) is 8.85. The Hall–Kier alpha value is -3.26. The molecule has 2 nitrogen and oxygen atoms in total. The number of nitrogens with one attached hydrogen (secondary N) is 1. The molecule has 1 N–H and O–H groups in total. The lowest BCUT2D eigenvalue weighted by molar-refractivity contribution is 0.710. The van der Waals surface area contributed by atoms with E-state index in [1.165, 1.54) is 50.7 Å². The molecule has 3 aromatic carbocycles. The lowest BCUT2D eigenvalue weighted by Crippen LogP contribution is -2.13. The average molecular weight is 409 g/mol. The van der Waals surface area contributed by atoms with Gasteiger partial charge in [-0.15, -0.1) is 0 Å². The van der Waals surface area contributed by atoms with Crippen LogP contribution in [0.25, 0.3) is 0 Å². The smallest absolute Gasteiger partial charge is 0.0494 e. The molecule has 0 saturated heterocycles. The van der Waals surface area contributed by atoms with Crippen LogP contribution in [0.1, 0.15) is 35.6 Å². The van der Waals surface area contributed by atoms with E-state index in [0.717, 1.165) is 6.42 Å². The van der Waals surface area contributed by atoms with Crippen molar-refractivity contribution < 1.29 is 0 Å². The van der Waals surface area contributed by atoms with Crippen LogP contribution in [0.2, 0.25) is 0 Å². The van der Waals surface area contributed by atoms with Crippen LogP contribution in [0.15, 0.2) is 84.6 Å². The number of benzene rings is 3. The summed E-state index contributed by atoms with van der Waals surface area (Å²) >= 11 is 0. The van der Waals surface area contributed by atoms with Gasteiger partial charge in [-0.2, -0.15) is 0 Å². The topological polar surface area (TPSA) is 15.3 Å². The molecular weight excluding hydrogens is 376 g/mol. The number of hydrogen-bond donors (Lipinski definition) is 1. The molecule has 0 saturated carbocycles. The first-order valence-corrected chi connectivity index (χ1v) is 11.1. The molecule has 0 fully saturated rings. The summed E-state index contributed by atoms with van der Waals surface area (Å²) in [6, 6.07) is 22.1. The van der Waals surface area contributed by atoms with Crippen LogP contribution in [0.4, 0.5) is 22.7 Å². The van der Waals surface area contributed by atoms with Gasteiger partial charge >= 0.3 is 0 Å². The van der Waals surface area contributed by atoms with Gasteiger partial charge in [-0.25, -0.2) is 0 Å². The third-order valence-electron chi connectivity index (χ3n) is 5.88. The zero-order chi connectivity index (χ0) is 22.0. The van der Waals surface area contributed by atoms with E-state index in [4.69, 9.17) is 0 Å². The van der Waals surface area contributed by atoms with E-state index in [1.807, 2.05) is 0 Å². The van der Waals surface area contributed by atoms with Crippen molar-refractivity contribution in [3.05, 3.63) is 107 Å². The third-order valence-corrected chi connectivity index (χ3v) is 5.88. The Balaban J connectivity index is 1.77. The first-order chi connectivity index (χ1) is 14.9. The van der Waals surface area contributed by atoms with Gasteiger partial charge in [0.05, 0.1) is 0 Å². The van der Waals surface area contributed by atoms with Crippen LogP contribution in [-0.2, 0) is 0 Å². The van der Waals surface area contributed by atoms with Crippen LogP contribution in [0.5, 0.6) is 0 Å². The zero-order valence-electron chi connectivity index (χ0n) is 19.2. The molecule has 3 aromatic rings. The summed E-state index contributed by atoms with van der Waals surface area (Å²) in [5.41, 5.74) is 11.0. The standard InChI is InChI=1S/C29H32N2/c1-20-9-6-12-25(15-20)30-28-18-24(5)29(19-23(28)4)31(26-13-7-10-21(2)16-26)27-14-8-11-22(3)17-27/h6-14,16-20,30H,15H2,1-5H3. The van der Waals surface area contributed by atoms with E-state index in [1.54, 1.807) is 0 Å². The maximum Gasteiger partial charge on any atom is 0.0494 e. The largest absolute Gasteiger partial charge is 0.359 e. The molecule has 0 aliphatic heterocycles. The van der Waals surface area contributed by atoms with Gasteiger partial charge in [-0.05, 0) is 105 Å². The molecule has 31 heavy (non-hydrogen) atoms. The number of allylic oxidation sites excluding steroid dienone is 4. The normalized spacial score (nSPS) is 15.5. The summed E-state index contributed by atoms with van der Waals surface area (Å²) in [4.78, 5) is 2.37. The first-order valence-electron chi connectivity index (χ1n) is 11.1. The summed E-state index contributed by atoms with van der Waals surface area (Å²) in [5.74, 6) is 0.575. The molecule has 1 atom stereocenters. The van der Waals surface area contributed by atoms with Gasteiger partial charge in [0.2, 0.25) is 0 Å². The fraction of sp³-hybridized carbons (Fsp3) is 0.241. The minimum atomic E-state index is 0.575. The molecule has 4 rings (SSSR count). The van der Waals surface area contributed by atoms with Crippen LogP contribution in [0, 0.1) is 33.6 Å². The van der Waals surface area contributed by atoms with Crippen molar-refractivity contribution in [1.29, 1.82) is 0 Å². The first kappa shape index (κ1) is 21.0. The fourth-order valence-electron chi connectivity index (χ4n) is 4.25. The average Bonchev–Trinajstić information content (AvgIpc) is 2.72. The predicted molar refractivity (Wildman–Crippen MR) is 135 cm³/mol. The van der Waals surface area contributed by atoms with E-state index in [0.29, 0.717) is 5.92 Å². The van der Waals surface area contributed by atoms with Gasteiger partial charge in [0.25, 0.3) is 0 Å². The quantitative estimate of drug-likeness (QED) is 0.457.